The van der Waals surface area contributed by atoms with Crippen molar-refractivity contribution in [3.8, 4) is 22.3 Å². The first-order chi connectivity index (χ1) is 15.4. The van der Waals surface area contributed by atoms with Crippen LogP contribution in [0.1, 0.15) is 30.5 Å². The van der Waals surface area contributed by atoms with E-state index in [0.29, 0.717) is 0 Å². The van der Waals surface area contributed by atoms with E-state index in [1.54, 1.807) is 0 Å². The maximum Gasteiger partial charge on any atom is 0.0923 e. The minimum absolute atomic E-state index is 0.0116. The van der Waals surface area contributed by atoms with Crippen LogP contribution in [0.25, 0.3) is 22.3 Å². The van der Waals surface area contributed by atoms with E-state index in [1.165, 1.54) is 33.4 Å². The molecule has 0 unspecified atom stereocenters. The molecule has 0 saturated heterocycles. The van der Waals surface area contributed by atoms with Crippen molar-refractivity contribution in [2.24, 2.45) is 0 Å². The van der Waals surface area contributed by atoms with E-state index < -0.39 is 0 Å². The summed E-state index contributed by atoms with van der Waals surface area (Å²) in [5.74, 6) is 0. The Balaban J connectivity index is 1.23. The van der Waals surface area contributed by atoms with Gasteiger partial charge in [-0.1, -0.05) is 92.7 Å². The number of hydrogen-bond acceptors (Lipinski definition) is 1. The van der Waals surface area contributed by atoms with Gasteiger partial charge in [-0.3, -0.25) is 0 Å². The molecule has 6 rings (SSSR count). The molecule has 0 atom stereocenters. The Kier molecular flexibility index (Phi) is 4.04. The van der Waals surface area contributed by atoms with Gasteiger partial charge in [-0.15, -0.1) is 0 Å². The largest absolute Gasteiger partial charge is 0.356 e. The average molecular weight is 409 g/mol. The molecule has 1 N–H and O–H groups in total. The van der Waals surface area contributed by atoms with Gasteiger partial charge < -0.3 is 5.32 Å². The Morgan fingerprint density at radius 2 is 1.22 bits per heavy atom. The Bertz CT molecular complexity index is 1360. The van der Waals surface area contributed by atoms with Crippen LogP contribution in [0.2, 0.25) is 0 Å². The van der Waals surface area contributed by atoms with Gasteiger partial charge in [0.15, 0.2) is 0 Å². The van der Waals surface area contributed by atoms with Gasteiger partial charge in [0.1, 0.15) is 0 Å². The van der Waals surface area contributed by atoms with Crippen molar-refractivity contribution < 1.29 is 0 Å². The lowest BCUT2D eigenvalue weighted by atomic mass is 9.75. The standard InChI is InChI=1S/C30H24BN/c1-29(2)27-6-4-3-5-25(27)26-16-15-24(19-28(26)29)32-23-13-9-21(10-14-23)20-7-11-22(12-8-20)30(31)17-18-30/h3-19,32H,1-2H3. The number of nitrogens with one attached hydrogen (secondary N) is 1. The quantitative estimate of drug-likeness (QED) is 0.275. The number of hydrogen-bond donors (Lipinski definition) is 1. The second kappa shape index (κ2) is 6.74. The summed E-state index contributed by atoms with van der Waals surface area (Å²) in [6, 6.07) is 32.6. The predicted molar refractivity (Wildman–Crippen MR) is 136 cm³/mol. The minimum Gasteiger partial charge on any atom is -0.356 e. The highest BCUT2D eigenvalue weighted by atomic mass is 14.9. The maximum absolute atomic E-state index is 6.21. The summed E-state index contributed by atoms with van der Waals surface area (Å²) in [6.07, 6.45) is 4.06. The van der Waals surface area contributed by atoms with E-state index in [4.69, 9.17) is 7.85 Å². The lowest BCUT2D eigenvalue weighted by molar-refractivity contribution is 0.660. The van der Waals surface area contributed by atoms with Gasteiger partial charge >= 0.3 is 0 Å². The first kappa shape index (κ1) is 19.2. The van der Waals surface area contributed by atoms with E-state index >= 15 is 0 Å². The number of rotatable bonds is 4. The van der Waals surface area contributed by atoms with Crippen molar-refractivity contribution >= 4 is 19.2 Å². The van der Waals surface area contributed by atoms with E-state index in [0.717, 1.165) is 16.9 Å². The van der Waals surface area contributed by atoms with Gasteiger partial charge in [-0.2, -0.15) is 0 Å². The number of fused-ring (bicyclic) bond motifs is 3. The van der Waals surface area contributed by atoms with E-state index in [2.05, 4.69) is 110 Å². The van der Waals surface area contributed by atoms with Crippen molar-refractivity contribution in [2.45, 2.75) is 24.6 Å². The molecule has 0 heterocycles. The summed E-state index contributed by atoms with van der Waals surface area (Å²) in [5.41, 5.74) is 11.2. The summed E-state index contributed by atoms with van der Waals surface area (Å²) < 4.78 is 0. The molecule has 2 radical (unpaired) electrons. The third-order valence-electron chi connectivity index (χ3n) is 7.00. The second-order valence-corrected chi connectivity index (χ2v) is 9.48. The van der Waals surface area contributed by atoms with Crippen molar-refractivity contribution in [3.05, 3.63) is 120 Å². The number of anilines is 2. The smallest absolute Gasteiger partial charge is 0.0923 e. The summed E-state index contributed by atoms with van der Waals surface area (Å²) in [7, 11) is 6.21. The van der Waals surface area contributed by atoms with E-state index in [1.807, 2.05) is 12.2 Å². The molecule has 0 saturated carbocycles. The van der Waals surface area contributed by atoms with Crippen LogP contribution in [-0.4, -0.2) is 7.85 Å². The van der Waals surface area contributed by atoms with Crippen molar-refractivity contribution in [1.29, 1.82) is 0 Å². The number of benzene rings is 4. The van der Waals surface area contributed by atoms with Crippen LogP contribution in [-0.2, 0) is 10.7 Å². The molecule has 0 bridgehead atoms. The van der Waals surface area contributed by atoms with Crippen molar-refractivity contribution in [3.63, 3.8) is 0 Å². The van der Waals surface area contributed by atoms with Gasteiger partial charge in [0.05, 0.1) is 7.85 Å². The molecule has 2 heteroatoms. The Morgan fingerprint density at radius 1 is 0.625 bits per heavy atom. The summed E-state index contributed by atoms with van der Waals surface area (Å²) in [6.45, 7) is 4.63. The first-order valence-corrected chi connectivity index (χ1v) is 11.2. The zero-order valence-electron chi connectivity index (χ0n) is 18.4. The van der Waals surface area contributed by atoms with Gasteiger partial charge in [-0.05, 0) is 68.5 Å². The fraction of sp³-hybridized carbons (Fsp3) is 0.133. The molecule has 0 fully saturated rings. The summed E-state index contributed by atoms with van der Waals surface area (Å²) in [5, 5.41) is 3.27. The fourth-order valence-corrected chi connectivity index (χ4v) is 4.93. The molecule has 0 amide bonds. The lowest BCUT2D eigenvalue weighted by Gasteiger charge is -2.22. The molecule has 0 aromatic heterocycles. The molecule has 4 aromatic rings. The van der Waals surface area contributed by atoms with Crippen molar-refractivity contribution in [1.82, 2.24) is 0 Å². The predicted octanol–water partition coefficient (Wildman–Crippen LogP) is 7.34. The third kappa shape index (κ3) is 3.02. The Hall–Kier alpha value is -3.52. The minimum atomic E-state index is -0.321. The van der Waals surface area contributed by atoms with Gasteiger partial charge in [0, 0.05) is 16.8 Å². The monoisotopic (exact) mass is 409 g/mol. The molecule has 2 aliphatic rings. The lowest BCUT2D eigenvalue weighted by Crippen LogP contribution is -2.15. The normalized spacial score (nSPS) is 16.3. The summed E-state index contributed by atoms with van der Waals surface area (Å²) in [4.78, 5) is 0. The molecule has 1 nitrogen and oxygen atoms in total. The molecular weight excluding hydrogens is 385 g/mol. The average Bonchev–Trinajstić information content (AvgIpc) is 3.53. The number of allylic oxidation sites excluding steroid dienone is 2. The second-order valence-electron chi connectivity index (χ2n) is 9.48. The Morgan fingerprint density at radius 3 is 1.91 bits per heavy atom. The zero-order chi connectivity index (χ0) is 21.9. The van der Waals surface area contributed by atoms with E-state index in [9.17, 15) is 0 Å². The van der Waals surface area contributed by atoms with Crippen LogP contribution >= 0.6 is 0 Å². The highest BCUT2D eigenvalue weighted by Crippen LogP contribution is 2.49. The van der Waals surface area contributed by atoms with Crippen LogP contribution in [0.15, 0.2) is 103 Å². The third-order valence-corrected chi connectivity index (χ3v) is 7.00. The Labute approximate surface area is 191 Å². The molecule has 2 aliphatic carbocycles. The molecule has 0 spiro atoms. The van der Waals surface area contributed by atoms with Gasteiger partial charge in [0.2, 0.25) is 0 Å². The molecule has 0 aliphatic heterocycles. The van der Waals surface area contributed by atoms with Crippen LogP contribution in [0.5, 0.6) is 0 Å². The zero-order valence-corrected chi connectivity index (χ0v) is 18.4. The van der Waals surface area contributed by atoms with Crippen molar-refractivity contribution in [2.75, 3.05) is 5.32 Å². The molecule has 32 heavy (non-hydrogen) atoms. The molecular formula is C30H24BN. The topological polar surface area (TPSA) is 12.0 Å². The van der Waals surface area contributed by atoms with Crippen LogP contribution < -0.4 is 5.32 Å². The highest BCUT2D eigenvalue weighted by Gasteiger charge is 2.35. The summed E-state index contributed by atoms with van der Waals surface area (Å²) >= 11 is 0. The van der Waals surface area contributed by atoms with Gasteiger partial charge in [0.25, 0.3) is 0 Å². The maximum atomic E-state index is 6.21. The molecule has 4 aromatic carbocycles. The van der Waals surface area contributed by atoms with Crippen LogP contribution in [0.4, 0.5) is 11.4 Å². The van der Waals surface area contributed by atoms with E-state index in [-0.39, 0.29) is 10.7 Å². The first-order valence-electron chi connectivity index (χ1n) is 11.2. The SMILES string of the molecule is [B]C1(c2ccc(-c3ccc(Nc4ccc5c(c4)C(C)(C)c4ccccc4-5)cc3)cc2)C=C1. The highest BCUT2D eigenvalue weighted by molar-refractivity contribution is 6.22. The van der Waals surface area contributed by atoms with Crippen LogP contribution in [0, 0.1) is 0 Å². The fourth-order valence-electron chi connectivity index (χ4n) is 4.93. The van der Waals surface area contributed by atoms with Crippen LogP contribution in [0.3, 0.4) is 0 Å². The van der Waals surface area contributed by atoms with Gasteiger partial charge in [-0.25, -0.2) is 0 Å². The molecule has 152 valence electrons.